The van der Waals surface area contributed by atoms with Gasteiger partial charge in [-0.05, 0) is 43.5 Å². The van der Waals surface area contributed by atoms with Crippen molar-refractivity contribution in [3.8, 4) is 0 Å². The molecule has 0 fully saturated rings. The van der Waals surface area contributed by atoms with Crippen molar-refractivity contribution in [3.05, 3.63) is 60.2 Å². The number of fused-ring (bicyclic) bond motifs is 1. The van der Waals surface area contributed by atoms with Crippen molar-refractivity contribution in [1.82, 2.24) is 0 Å². The van der Waals surface area contributed by atoms with Crippen molar-refractivity contribution in [1.29, 1.82) is 0 Å². The van der Waals surface area contributed by atoms with Crippen molar-refractivity contribution in [2.24, 2.45) is 0 Å². The fourth-order valence-electron chi connectivity index (χ4n) is 3.01. The molecule has 104 valence electrons. The standard InChI is InChI=1S/C18H22N2/c1-15-14-16-8-5-6-11-18(16)20(15)13-7-12-19-17-9-3-2-4-10-17/h2-6,8-11,15,19H,7,12-14H2,1H3. The van der Waals surface area contributed by atoms with Crippen LogP contribution in [-0.4, -0.2) is 19.1 Å². The first-order valence-electron chi connectivity index (χ1n) is 7.48. The Hall–Kier alpha value is -1.96. The second-order valence-corrected chi connectivity index (χ2v) is 5.52. The second kappa shape index (κ2) is 6.00. The van der Waals surface area contributed by atoms with Gasteiger partial charge in [0.15, 0.2) is 0 Å². The molecule has 0 amide bonds. The monoisotopic (exact) mass is 266 g/mol. The van der Waals surface area contributed by atoms with Crippen LogP contribution in [0.1, 0.15) is 18.9 Å². The zero-order valence-corrected chi connectivity index (χ0v) is 12.0. The first kappa shape index (κ1) is 13.0. The normalized spacial score (nSPS) is 17.1. The molecule has 1 atom stereocenters. The summed E-state index contributed by atoms with van der Waals surface area (Å²) in [5.74, 6) is 0. The Labute approximate surface area is 121 Å². The van der Waals surface area contributed by atoms with Gasteiger partial charge in [0, 0.05) is 30.5 Å². The van der Waals surface area contributed by atoms with Gasteiger partial charge < -0.3 is 10.2 Å². The van der Waals surface area contributed by atoms with Crippen molar-refractivity contribution >= 4 is 11.4 Å². The average molecular weight is 266 g/mol. The highest BCUT2D eigenvalue weighted by atomic mass is 15.2. The van der Waals surface area contributed by atoms with E-state index in [-0.39, 0.29) is 0 Å². The summed E-state index contributed by atoms with van der Waals surface area (Å²) in [7, 11) is 0. The molecule has 2 aromatic rings. The summed E-state index contributed by atoms with van der Waals surface area (Å²) in [6, 6.07) is 19.9. The number of para-hydroxylation sites is 2. The molecule has 1 aliphatic heterocycles. The molecule has 1 heterocycles. The number of nitrogens with one attached hydrogen (secondary N) is 1. The van der Waals surface area contributed by atoms with Gasteiger partial charge in [-0.15, -0.1) is 0 Å². The molecule has 1 aliphatic rings. The van der Waals surface area contributed by atoms with Crippen molar-refractivity contribution in [2.75, 3.05) is 23.3 Å². The lowest BCUT2D eigenvalue weighted by Gasteiger charge is -2.25. The van der Waals surface area contributed by atoms with Crippen LogP contribution in [0.2, 0.25) is 0 Å². The van der Waals surface area contributed by atoms with Crippen molar-refractivity contribution in [3.63, 3.8) is 0 Å². The molecule has 1 unspecified atom stereocenters. The molecule has 2 nitrogen and oxygen atoms in total. The van der Waals surface area contributed by atoms with Crippen LogP contribution in [-0.2, 0) is 6.42 Å². The van der Waals surface area contributed by atoms with Crippen LogP contribution in [0.4, 0.5) is 11.4 Å². The molecule has 20 heavy (non-hydrogen) atoms. The number of hydrogen-bond acceptors (Lipinski definition) is 2. The molecule has 0 saturated carbocycles. The van der Waals surface area contributed by atoms with E-state index in [4.69, 9.17) is 0 Å². The van der Waals surface area contributed by atoms with E-state index in [1.807, 2.05) is 6.07 Å². The number of nitrogens with zero attached hydrogens (tertiary/aromatic N) is 1. The lowest BCUT2D eigenvalue weighted by molar-refractivity contribution is 0.656. The minimum absolute atomic E-state index is 0.629. The quantitative estimate of drug-likeness (QED) is 0.825. The van der Waals surface area contributed by atoms with Gasteiger partial charge in [0.1, 0.15) is 0 Å². The third-order valence-corrected chi connectivity index (χ3v) is 4.03. The number of rotatable bonds is 5. The molecule has 0 saturated heterocycles. The maximum Gasteiger partial charge on any atom is 0.0402 e. The molecule has 3 rings (SSSR count). The van der Waals surface area contributed by atoms with Crippen LogP contribution in [0, 0.1) is 0 Å². The average Bonchev–Trinajstić information content (AvgIpc) is 2.80. The minimum atomic E-state index is 0.629. The first-order valence-corrected chi connectivity index (χ1v) is 7.48. The van der Waals surface area contributed by atoms with E-state index in [0.717, 1.165) is 19.5 Å². The van der Waals surface area contributed by atoms with E-state index >= 15 is 0 Å². The third kappa shape index (κ3) is 2.79. The summed E-state index contributed by atoms with van der Waals surface area (Å²) in [6.07, 6.45) is 2.34. The van der Waals surface area contributed by atoms with Crippen LogP contribution < -0.4 is 10.2 Å². The van der Waals surface area contributed by atoms with Gasteiger partial charge >= 0.3 is 0 Å². The molecular weight excluding hydrogens is 244 g/mol. The predicted octanol–water partition coefficient (Wildman–Crippen LogP) is 3.94. The van der Waals surface area contributed by atoms with Crippen LogP contribution in [0.15, 0.2) is 54.6 Å². The molecule has 0 aliphatic carbocycles. The maximum atomic E-state index is 3.48. The Kier molecular flexibility index (Phi) is 3.91. The second-order valence-electron chi connectivity index (χ2n) is 5.52. The zero-order valence-electron chi connectivity index (χ0n) is 12.0. The summed E-state index contributed by atoms with van der Waals surface area (Å²) in [5.41, 5.74) is 4.14. The van der Waals surface area contributed by atoms with Crippen molar-refractivity contribution < 1.29 is 0 Å². The molecule has 0 radical (unpaired) electrons. The van der Waals surface area contributed by atoms with E-state index in [1.54, 1.807) is 0 Å². The Balaban J connectivity index is 1.52. The maximum absolute atomic E-state index is 3.48. The number of anilines is 2. The number of hydrogen-bond donors (Lipinski definition) is 1. The van der Waals surface area contributed by atoms with Gasteiger partial charge in [0.2, 0.25) is 0 Å². The Morgan fingerprint density at radius 1 is 1.05 bits per heavy atom. The van der Waals surface area contributed by atoms with Crippen LogP contribution in [0.25, 0.3) is 0 Å². The highest BCUT2D eigenvalue weighted by Gasteiger charge is 2.24. The topological polar surface area (TPSA) is 15.3 Å². The van der Waals surface area contributed by atoms with E-state index in [9.17, 15) is 0 Å². The molecule has 0 spiro atoms. The van der Waals surface area contributed by atoms with E-state index in [0.29, 0.717) is 6.04 Å². The summed E-state index contributed by atoms with van der Waals surface area (Å²) < 4.78 is 0. The van der Waals surface area contributed by atoms with Crippen LogP contribution in [0.3, 0.4) is 0 Å². The SMILES string of the molecule is CC1Cc2ccccc2N1CCCNc1ccccc1. The largest absolute Gasteiger partial charge is 0.385 e. The summed E-state index contributed by atoms with van der Waals surface area (Å²) in [5, 5.41) is 3.48. The van der Waals surface area contributed by atoms with Gasteiger partial charge in [-0.25, -0.2) is 0 Å². The molecule has 0 bridgehead atoms. The lowest BCUT2D eigenvalue weighted by Crippen LogP contribution is -2.31. The Bertz CT molecular complexity index is 550. The fourth-order valence-corrected chi connectivity index (χ4v) is 3.01. The van der Waals surface area contributed by atoms with Crippen molar-refractivity contribution in [2.45, 2.75) is 25.8 Å². The lowest BCUT2D eigenvalue weighted by atomic mass is 10.1. The minimum Gasteiger partial charge on any atom is -0.385 e. The van der Waals surface area contributed by atoms with Gasteiger partial charge in [-0.1, -0.05) is 36.4 Å². The number of benzene rings is 2. The summed E-state index contributed by atoms with van der Waals surface area (Å²) >= 11 is 0. The zero-order chi connectivity index (χ0) is 13.8. The Morgan fingerprint density at radius 2 is 1.80 bits per heavy atom. The van der Waals surface area contributed by atoms with Gasteiger partial charge in [0.25, 0.3) is 0 Å². The third-order valence-electron chi connectivity index (χ3n) is 4.03. The van der Waals surface area contributed by atoms with E-state index in [2.05, 4.69) is 65.7 Å². The molecular formula is C18H22N2. The first-order chi connectivity index (χ1) is 9.84. The van der Waals surface area contributed by atoms with Gasteiger partial charge in [0.05, 0.1) is 0 Å². The summed E-state index contributed by atoms with van der Waals surface area (Å²) in [4.78, 5) is 2.54. The highest BCUT2D eigenvalue weighted by molar-refractivity contribution is 5.59. The summed E-state index contributed by atoms with van der Waals surface area (Å²) in [6.45, 7) is 4.47. The molecule has 2 heteroatoms. The Morgan fingerprint density at radius 3 is 2.65 bits per heavy atom. The predicted molar refractivity (Wildman–Crippen MR) is 86.5 cm³/mol. The van der Waals surface area contributed by atoms with E-state index < -0.39 is 0 Å². The smallest absolute Gasteiger partial charge is 0.0402 e. The fraction of sp³-hybridized carbons (Fsp3) is 0.333. The molecule has 2 aromatic carbocycles. The molecule has 0 aromatic heterocycles. The van der Waals surface area contributed by atoms with E-state index in [1.165, 1.54) is 23.4 Å². The highest BCUT2D eigenvalue weighted by Crippen LogP contribution is 2.31. The molecule has 1 N–H and O–H groups in total. The van der Waals surface area contributed by atoms with Crippen LogP contribution in [0.5, 0.6) is 0 Å². The van der Waals surface area contributed by atoms with Crippen LogP contribution >= 0.6 is 0 Å². The van der Waals surface area contributed by atoms with Gasteiger partial charge in [-0.2, -0.15) is 0 Å². The van der Waals surface area contributed by atoms with Gasteiger partial charge in [-0.3, -0.25) is 0 Å².